The maximum atomic E-state index is 13.0. The lowest BCUT2D eigenvalue weighted by Crippen LogP contribution is -2.21. The molecular formula is C15H17BrN2OS. The van der Waals surface area contributed by atoms with E-state index >= 15 is 0 Å². The minimum absolute atomic E-state index is 0.00797. The summed E-state index contributed by atoms with van der Waals surface area (Å²) in [6, 6.07) is 2.12. The molecule has 2 aromatic heterocycles. The van der Waals surface area contributed by atoms with E-state index in [1.165, 1.54) is 10.4 Å². The first-order chi connectivity index (χ1) is 9.72. The average molecular weight is 353 g/mol. The van der Waals surface area contributed by atoms with Crippen LogP contribution in [0.3, 0.4) is 0 Å². The summed E-state index contributed by atoms with van der Waals surface area (Å²) < 4.78 is 2.66. The van der Waals surface area contributed by atoms with Crippen molar-refractivity contribution < 1.29 is 4.79 Å². The van der Waals surface area contributed by atoms with Gasteiger partial charge in [0.15, 0.2) is 5.78 Å². The number of aromatic nitrogens is 2. The molecule has 106 valence electrons. The Balaban J connectivity index is 1.97. The summed E-state index contributed by atoms with van der Waals surface area (Å²) in [6.45, 7) is 2.89. The third-order valence-electron chi connectivity index (χ3n) is 3.83. The fraction of sp³-hybridized carbons (Fsp3) is 0.467. The highest BCUT2D eigenvalue weighted by Crippen LogP contribution is 2.37. The van der Waals surface area contributed by atoms with Crippen LogP contribution in [0.25, 0.3) is 0 Å². The zero-order valence-electron chi connectivity index (χ0n) is 11.4. The van der Waals surface area contributed by atoms with Gasteiger partial charge >= 0.3 is 0 Å². The Kier molecular flexibility index (Phi) is 4.08. The standard InChI is InChI=1S/C15H17BrN2OS/c1-2-7-18-14(12(16)9-17-18)15(19)11-4-3-5-13-10(11)6-8-20-13/h6,8-9,11H,2-5,7H2,1H3. The molecule has 2 aromatic rings. The number of hydrogen-bond donors (Lipinski definition) is 0. The molecule has 20 heavy (non-hydrogen) atoms. The topological polar surface area (TPSA) is 34.9 Å². The first-order valence-electron chi connectivity index (χ1n) is 7.04. The van der Waals surface area contributed by atoms with E-state index in [0.717, 1.165) is 42.4 Å². The molecule has 0 radical (unpaired) electrons. The van der Waals surface area contributed by atoms with Crippen molar-refractivity contribution >= 4 is 33.0 Å². The molecule has 2 heterocycles. The molecule has 0 amide bonds. The molecule has 0 aliphatic heterocycles. The molecule has 0 fully saturated rings. The molecule has 1 unspecified atom stereocenters. The monoisotopic (exact) mass is 352 g/mol. The maximum absolute atomic E-state index is 13.0. The van der Waals surface area contributed by atoms with Crippen molar-refractivity contribution in [2.75, 3.05) is 0 Å². The number of ketones is 1. The second-order valence-corrected chi connectivity index (χ2v) is 7.03. The predicted molar refractivity (Wildman–Crippen MR) is 84.5 cm³/mol. The molecule has 1 atom stereocenters. The van der Waals surface area contributed by atoms with Gasteiger partial charge in [0, 0.05) is 11.4 Å². The van der Waals surface area contributed by atoms with Crippen LogP contribution in [0.4, 0.5) is 0 Å². The van der Waals surface area contributed by atoms with E-state index in [1.807, 2.05) is 4.68 Å². The molecule has 3 nitrogen and oxygen atoms in total. The molecule has 0 aromatic carbocycles. The van der Waals surface area contributed by atoms with Gasteiger partial charge < -0.3 is 0 Å². The van der Waals surface area contributed by atoms with Gasteiger partial charge in [0.05, 0.1) is 16.6 Å². The molecule has 1 aliphatic carbocycles. The molecule has 1 aliphatic rings. The Morgan fingerprint density at radius 3 is 3.25 bits per heavy atom. The van der Waals surface area contributed by atoms with Crippen LogP contribution in [0.15, 0.2) is 22.1 Å². The van der Waals surface area contributed by atoms with Crippen LogP contribution in [0.5, 0.6) is 0 Å². The number of rotatable bonds is 4. The second kappa shape index (κ2) is 5.82. The third-order valence-corrected chi connectivity index (χ3v) is 5.41. The van der Waals surface area contributed by atoms with Gasteiger partial charge in [-0.15, -0.1) is 11.3 Å². The van der Waals surface area contributed by atoms with Crippen LogP contribution in [-0.4, -0.2) is 15.6 Å². The lowest BCUT2D eigenvalue weighted by Gasteiger charge is -2.22. The molecule has 0 saturated carbocycles. The van der Waals surface area contributed by atoms with E-state index in [9.17, 15) is 4.79 Å². The predicted octanol–water partition coefficient (Wildman–Crippen LogP) is 4.42. The van der Waals surface area contributed by atoms with Crippen LogP contribution >= 0.6 is 27.3 Å². The lowest BCUT2D eigenvalue weighted by molar-refractivity contribution is 0.0939. The van der Waals surface area contributed by atoms with Crippen LogP contribution in [0.2, 0.25) is 0 Å². The van der Waals surface area contributed by atoms with Gasteiger partial charge in [-0.05, 0) is 58.6 Å². The molecule has 5 heteroatoms. The summed E-state index contributed by atoms with van der Waals surface area (Å²) in [4.78, 5) is 14.3. The van der Waals surface area contributed by atoms with Gasteiger partial charge in [-0.1, -0.05) is 6.92 Å². The van der Waals surface area contributed by atoms with Crippen LogP contribution in [-0.2, 0) is 13.0 Å². The van der Waals surface area contributed by atoms with E-state index < -0.39 is 0 Å². The normalized spacial score (nSPS) is 18.0. The van der Waals surface area contributed by atoms with E-state index in [1.54, 1.807) is 17.5 Å². The first kappa shape index (κ1) is 14.0. The van der Waals surface area contributed by atoms with Crippen LogP contribution < -0.4 is 0 Å². The highest BCUT2D eigenvalue weighted by Gasteiger charge is 2.31. The van der Waals surface area contributed by atoms with E-state index in [0.29, 0.717) is 0 Å². The summed E-state index contributed by atoms with van der Waals surface area (Å²) in [5.74, 6) is 0.218. The summed E-state index contributed by atoms with van der Waals surface area (Å²) >= 11 is 5.26. The minimum Gasteiger partial charge on any atom is -0.292 e. The van der Waals surface area contributed by atoms with Gasteiger partial charge in [0.1, 0.15) is 5.69 Å². The van der Waals surface area contributed by atoms with Gasteiger partial charge in [-0.25, -0.2) is 0 Å². The van der Waals surface area contributed by atoms with Gasteiger partial charge in [0.2, 0.25) is 0 Å². The van der Waals surface area contributed by atoms with Crippen molar-refractivity contribution in [1.82, 2.24) is 9.78 Å². The van der Waals surface area contributed by atoms with Gasteiger partial charge in [-0.2, -0.15) is 5.10 Å². The summed E-state index contributed by atoms with van der Waals surface area (Å²) in [5, 5.41) is 6.42. The van der Waals surface area contributed by atoms with Crippen molar-refractivity contribution in [1.29, 1.82) is 0 Å². The molecule has 0 N–H and O–H groups in total. The molecule has 0 saturated heterocycles. The number of nitrogens with zero attached hydrogens (tertiary/aromatic N) is 2. The molecule has 0 bridgehead atoms. The quantitative estimate of drug-likeness (QED) is 0.763. The third kappa shape index (κ3) is 2.37. The summed E-state index contributed by atoms with van der Waals surface area (Å²) in [5.41, 5.74) is 1.97. The van der Waals surface area contributed by atoms with E-state index in [-0.39, 0.29) is 11.7 Å². The zero-order valence-corrected chi connectivity index (χ0v) is 13.8. The Bertz CT molecular complexity index is 632. The number of hydrogen-bond acceptors (Lipinski definition) is 3. The SMILES string of the molecule is CCCn1ncc(Br)c1C(=O)C1CCCc2sccc21. The second-order valence-electron chi connectivity index (χ2n) is 5.17. The number of carbonyl (C=O) groups is 1. The summed E-state index contributed by atoms with van der Waals surface area (Å²) in [7, 11) is 0. The highest BCUT2D eigenvalue weighted by molar-refractivity contribution is 9.10. The Morgan fingerprint density at radius 1 is 1.60 bits per heavy atom. The van der Waals surface area contributed by atoms with Crippen molar-refractivity contribution in [3.8, 4) is 0 Å². The molecular weight excluding hydrogens is 336 g/mol. The molecule has 3 rings (SSSR count). The number of halogens is 1. The smallest absolute Gasteiger partial charge is 0.189 e. The molecule has 0 spiro atoms. The number of carbonyl (C=O) groups excluding carboxylic acids is 1. The van der Waals surface area contributed by atoms with Crippen molar-refractivity contribution in [2.45, 2.75) is 45.1 Å². The Hall–Kier alpha value is -0.940. The number of Topliss-reactive ketones (excluding diaryl/α,β-unsaturated/α-hetero) is 1. The van der Waals surface area contributed by atoms with Gasteiger partial charge in [0.25, 0.3) is 0 Å². The minimum atomic E-state index is 0.00797. The lowest BCUT2D eigenvalue weighted by atomic mass is 9.84. The largest absolute Gasteiger partial charge is 0.292 e. The van der Waals surface area contributed by atoms with E-state index in [2.05, 4.69) is 39.4 Å². The number of fused-ring (bicyclic) bond motifs is 1. The van der Waals surface area contributed by atoms with Gasteiger partial charge in [-0.3, -0.25) is 9.48 Å². The van der Waals surface area contributed by atoms with Crippen molar-refractivity contribution in [2.24, 2.45) is 0 Å². The Labute approximate surface area is 131 Å². The Morgan fingerprint density at radius 2 is 2.45 bits per heavy atom. The number of thiophene rings is 1. The summed E-state index contributed by atoms with van der Waals surface area (Å²) in [6.07, 6.45) is 5.88. The fourth-order valence-corrected chi connectivity index (χ4v) is 4.39. The average Bonchev–Trinajstić information content (AvgIpc) is 3.05. The number of aryl methyl sites for hydroxylation is 2. The van der Waals surface area contributed by atoms with E-state index in [4.69, 9.17) is 0 Å². The highest BCUT2D eigenvalue weighted by atomic mass is 79.9. The maximum Gasteiger partial charge on any atom is 0.189 e. The van der Waals surface area contributed by atoms with Crippen LogP contribution in [0.1, 0.15) is 53.0 Å². The fourth-order valence-electron chi connectivity index (χ4n) is 2.91. The van der Waals surface area contributed by atoms with Crippen LogP contribution in [0, 0.1) is 0 Å². The van der Waals surface area contributed by atoms with Crippen molar-refractivity contribution in [3.63, 3.8) is 0 Å². The van der Waals surface area contributed by atoms with Crippen molar-refractivity contribution in [3.05, 3.63) is 38.3 Å². The zero-order chi connectivity index (χ0) is 14.1. The first-order valence-corrected chi connectivity index (χ1v) is 8.71.